The van der Waals surface area contributed by atoms with E-state index in [1.54, 1.807) is 0 Å². The zero-order valence-corrected chi connectivity index (χ0v) is 12.1. The molecule has 1 aliphatic heterocycles. The van der Waals surface area contributed by atoms with Crippen molar-refractivity contribution in [2.75, 3.05) is 17.7 Å². The van der Waals surface area contributed by atoms with Gasteiger partial charge in [-0.3, -0.25) is 0 Å². The molecule has 0 amide bonds. The van der Waals surface area contributed by atoms with Gasteiger partial charge in [0.25, 0.3) is 0 Å². The molecule has 2 unspecified atom stereocenters. The molecule has 1 aliphatic rings. The Morgan fingerprint density at radius 1 is 1.47 bits per heavy atom. The summed E-state index contributed by atoms with van der Waals surface area (Å²) >= 11 is 0. The van der Waals surface area contributed by atoms with E-state index in [0.717, 1.165) is 49.5 Å². The lowest BCUT2D eigenvalue weighted by atomic mass is 10.1. The van der Waals surface area contributed by atoms with Crippen molar-refractivity contribution in [3.05, 3.63) is 11.4 Å². The highest BCUT2D eigenvalue weighted by Crippen LogP contribution is 2.22. The monoisotopic (exact) mass is 264 g/mol. The van der Waals surface area contributed by atoms with Gasteiger partial charge in [0, 0.05) is 18.6 Å². The van der Waals surface area contributed by atoms with Crippen LogP contribution in [0.4, 0.5) is 11.6 Å². The fourth-order valence-electron chi connectivity index (χ4n) is 2.36. The van der Waals surface area contributed by atoms with Gasteiger partial charge in [0.1, 0.15) is 17.5 Å². The van der Waals surface area contributed by atoms with Crippen molar-refractivity contribution in [3.8, 4) is 0 Å². The first-order valence-electron chi connectivity index (χ1n) is 7.13. The standard InChI is InChI=1S/C14H24N4O/c1-4-6-12-17-13(15)9(2)14(18-12)16-10(3)11-7-5-8-19-11/h10-11H,4-8H2,1-3H3,(H3,15,16,17,18). The number of rotatable bonds is 5. The van der Waals surface area contributed by atoms with E-state index in [9.17, 15) is 0 Å². The molecule has 5 heteroatoms. The Kier molecular flexibility index (Phi) is 4.58. The summed E-state index contributed by atoms with van der Waals surface area (Å²) in [5, 5.41) is 3.44. The molecule has 1 aromatic heterocycles. The zero-order chi connectivity index (χ0) is 13.8. The first-order valence-corrected chi connectivity index (χ1v) is 7.13. The van der Waals surface area contributed by atoms with Crippen molar-refractivity contribution in [2.24, 2.45) is 0 Å². The Morgan fingerprint density at radius 2 is 2.26 bits per heavy atom. The van der Waals surface area contributed by atoms with Gasteiger partial charge in [-0.05, 0) is 33.1 Å². The minimum Gasteiger partial charge on any atom is -0.383 e. The molecule has 106 valence electrons. The van der Waals surface area contributed by atoms with Crippen LogP contribution in [-0.2, 0) is 11.2 Å². The molecular formula is C14H24N4O. The average molecular weight is 264 g/mol. The molecule has 3 N–H and O–H groups in total. The van der Waals surface area contributed by atoms with Gasteiger partial charge < -0.3 is 15.8 Å². The van der Waals surface area contributed by atoms with Crippen LogP contribution in [0.5, 0.6) is 0 Å². The maximum atomic E-state index is 5.96. The number of aryl methyl sites for hydroxylation is 1. The third kappa shape index (κ3) is 3.35. The summed E-state index contributed by atoms with van der Waals surface area (Å²) in [5.41, 5.74) is 6.88. The number of nitrogens with one attached hydrogen (secondary N) is 1. The summed E-state index contributed by atoms with van der Waals surface area (Å²) < 4.78 is 5.70. The van der Waals surface area contributed by atoms with E-state index in [1.165, 1.54) is 0 Å². The maximum absolute atomic E-state index is 5.96. The van der Waals surface area contributed by atoms with Crippen LogP contribution in [0.3, 0.4) is 0 Å². The molecule has 0 aliphatic carbocycles. The van der Waals surface area contributed by atoms with Crippen LogP contribution in [0.2, 0.25) is 0 Å². The summed E-state index contributed by atoms with van der Waals surface area (Å²) in [6, 6.07) is 0.241. The van der Waals surface area contributed by atoms with Crippen molar-refractivity contribution in [3.63, 3.8) is 0 Å². The quantitative estimate of drug-likeness (QED) is 0.853. The van der Waals surface area contributed by atoms with E-state index in [1.807, 2.05) is 6.92 Å². The van der Waals surface area contributed by atoms with E-state index in [0.29, 0.717) is 5.82 Å². The summed E-state index contributed by atoms with van der Waals surface area (Å²) in [5.74, 6) is 2.23. The number of nitrogens with two attached hydrogens (primary N) is 1. The van der Waals surface area contributed by atoms with Gasteiger partial charge in [0.05, 0.1) is 12.1 Å². The second-order valence-electron chi connectivity index (χ2n) is 5.23. The second kappa shape index (κ2) is 6.19. The van der Waals surface area contributed by atoms with Gasteiger partial charge in [0.15, 0.2) is 0 Å². The van der Waals surface area contributed by atoms with Crippen LogP contribution in [0.25, 0.3) is 0 Å². The van der Waals surface area contributed by atoms with Gasteiger partial charge in [-0.25, -0.2) is 9.97 Å². The van der Waals surface area contributed by atoms with E-state index in [4.69, 9.17) is 10.5 Å². The van der Waals surface area contributed by atoms with E-state index < -0.39 is 0 Å². The number of nitrogens with zero attached hydrogens (tertiary/aromatic N) is 2. The number of hydrogen-bond donors (Lipinski definition) is 2. The number of anilines is 2. The largest absolute Gasteiger partial charge is 0.383 e. The number of ether oxygens (including phenoxy) is 1. The lowest BCUT2D eigenvalue weighted by Gasteiger charge is -2.22. The summed E-state index contributed by atoms with van der Waals surface area (Å²) in [6.07, 6.45) is 4.39. The number of hydrogen-bond acceptors (Lipinski definition) is 5. The van der Waals surface area contributed by atoms with E-state index >= 15 is 0 Å². The molecule has 2 rings (SSSR count). The molecule has 0 radical (unpaired) electrons. The third-order valence-electron chi connectivity index (χ3n) is 3.59. The first kappa shape index (κ1) is 14.1. The fraction of sp³-hybridized carbons (Fsp3) is 0.714. The Balaban J connectivity index is 2.13. The molecule has 19 heavy (non-hydrogen) atoms. The Hall–Kier alpha value is -1.36. The highest BCUT2D eigenvalue weighted by Gasteiger charge is 2.23. The van der Waals surface area contributed by atoms with Gasteiger partial charge in [-0.2, -0.15) is 0 Å². The highest BCUT2D eigenvalue weighted by atomic mass is 16.5. The molecule has 2 heterocycles. The Bertz CT molecular complexity index is 430. The molecule has 1 aromatic rings. The molecular weight excluding hydrogens is 240 g/mol. The molecule has 0 saturated carbocycles. The Labute approximate surface area is 115 Å². The molecule has 1 fully saturated rings. The minimum absolute atomic E-state index is 0.241. The summed E-state index contributed by atoms with van der Waals surface area (Å²) in [4.78, 5) is 8.90. The molecule has 2 atom stereocenters. The van der Waals surface area contributed by atoms with Crippen molar-refractivity contribution < 1.29 is 4.74 Å². The van der Waals surface area contributed by atoms with Crippen LogP contribution < -0.4 is 11.1 Å². The van der Waals surface area contributed by atoms with E-state index in [2.05, 4.69) is 29.1 Å². The topological polar surface area (TPSA) is 73.1 Å². The molecule has 0 bridgehead atoms. The lowest BCUT2D eigenvalue weighted by Crippen LogP contribution is -2.31. The summed E-state index contributed by atoms with van der Waals surface area (Å²) in [7, 11) is 0. The number of aromatic nitrogens is 2. The predicted octanol–water partition coefficient (Wildman–Crippen LogP) is 2.30. The molecule has 5 nitrogen and oxygen atoms in total. The van der Waals surface area contributed by atoms with Crippen LogP contribution in [0, 0.1) is 6.92 Å². The summed E-state index contributed by atoms with van der Waals surface area (Å²) in [6.45, 7) is 7.06. The third-order valence-corrected chi connectivity index (χ3v) is 3.59. The number of nitrogen functional groups attached to an aromatic ring is 1. The van der Waals surface area contributed by atoms with Crippen molar-refractivity contribution in [1.29, 1.82) is 0 Å². The zero-order valence-electron chi connectivity index (χ0n) is 12.1. The highest BCUT2D eigenvalue weighted by molar-refractivity contribution is 5.55. The van der Waals surface area contributed by atoms with Gasteiger partial charge in [-0.15, -0.1) is 0 Å². The average Bonchev–Trinajstić information content (AvgIpc) is 2.89. The van der Waals surface area contributed by atoms with Crippen LogP contribution >= 0.6 is 0 Å². The first-order chi connectivity index (χ1) is 9.11. The maximum Gasteiger partial charge on any atom is 0.135 e. The van der Waals surface area contributed by atoms with Gasteiger partial charge in [0.2, 0.25) is 0 Å². The SMILES string of the molecule is CCCc1nc(N)c(C)c(NC(C)C2CCCO2)n1. The molecule has 0 spiro atoms. The fourth-order valence-corrected chi connectivity index (χ4v) is 2.36. The second-order valence-corrected chi connectivity index (χ2v) is 5.23. The molecule has 0 aromatic carbocycles. The minimum atomic E-state index is 0.241. The van der Waals surface area contributed by atoms with Gasteiger partial charge >= 0.3 is 0 Å². The predicted molar refractivity (Wildman–Crippen MR) is 77.2 cm³/mol. The molecule has 1 saturated heterocycles. The van der Waals surface area contributed by atoms with Gasteiger partial charge in [-0.1, -0.05) is 6.92 Å². The Morgan fingerprint density at radius 3 is 2.89 bits per heavy atom. The van der Waals surface area contributed by atoms with Crippen molar-refractivity contribution in [1.82, 2.24) is 9.97 Å². The van der Waals surface area contributed by atoms with Crippen molar-refractivity contribution in [2.45, 2.75) is 58.6 Å². The van der Waals surface area contributed by atoms with Crippen LogP contribution in [-0.4, -0.2) is 28.7 Å². The van der Waals surface area contributed by atoms with E-state index in [-0.39, 0.29) is 12.1 Å². The van der Waals surface area contributed by atoms with Crippen LogP contribution in [0.15, 0.2) is 0 Å². The van der Waals surface area contributed by atoms with Crippen LogP contribution in [0.1, 0.15) is 44.5 Å². The smallest absolute Gasteiger partial charge is 0.135 e. The lowest BCUT2D eigenvalue weighted by molar-refractivity contribution is 0.0995. The van der Waals surface area contributed by atoms with Crippen molar-refractivity contribution >= 4 is 11.6 Å². The normalized spacial score (nSPS) is 20.5.